The van der Waals surface area contributed by atoms with Gasteiger partial charge in [-0.2, -0.15) is 0 Å². The second kappa shape index (κ2) is 11.2. The zero-order chi connectivity index (χ0) is 34.2. The van der Waals surface area contributed by atoms with Gasteiger partial charge in [-0.3, -0.25) is 4.57 Å². The summed E-state index contributed by atoms with van der Waals surface area (Å²) in [6.07, 6.45) is 0. The van der Waals surface area contributed by atoms with Crippen LogP contribution in [-0.4, -0.2) is 19.1 Å². The normalized spacial score (nSPS) is 11.8. The molecule has 0 atom stereocenters. The molecule has 0 amide bonds. The number of hydrogen-bond acceptors (Lipinski definition) is 2. The molecule has 0 saturated heterocycles. The first-order valence-corrected chi connectivity index (χ1v) is 17.7. The Morgan fingerprint density at radius 1 is 0.346 bits per heavy atom. The molecule has 0 aliphatic carbocycles. The maximum absolute atomic E-state index is 5.43. The zero-order valence-corrected chi connectivity index (χ0v) is 28.1. The van der Waals surface area contributed by atoms with Gasteiger partial charge in [-0.25, -0.2) is 9.97 Å². The van der Waals surface area contributed by atoms with E-state index in [0.717, 1.165) is 50.4 Å². The summed E-state index contributed by atoms with van der Waals surface area (Å²) in [6.45, 7) is 0. The highest BCUT2D eigenvalue weighted by Crippen LogP contribution is 2.41. The minimum atomic E-state index is 0.809. The molecular formula is C48H30N4. The molecule has 52 heavy (non-hydrogen) atoms. The van der Waals surface area contributed by atoms with E-state index < -0.39 is 0 Å². The van der Waals surface area contributed by atoms with Crippen molar-refractivity contribution in [3.63, 3.8) is 0 Å². The monoisotopic (exact) mass is 662 g/mol. The van der Waals surface area contributed by atoms with Crippen molar-refractivity contribution in [2.24, 2.45) is 0 Å². The fourth-order valence-corrected chi connectivity index (χ4v) is 8.16. The van der Waals surface area contributed by atoms with E-state index in [0.29, 0.717) is 0 Å². The Kier molecular flexibility index (Phi) is 6.22. The van der Waals surface area contributed by atoms with Crippen LogP contribution in [0.5, 0.6) is 0 Å². The van der Waals surface area contributed by atoms with Crippen molar-refractivity contribution < 1.29 is 0 Å². The first kappa shape index (κ1) is 28.8. The third-order valence-corrected chi connectivity index (χ3v) is 10.5. The lowest BCUT2D eigenvalue weighted by Gasteiger charge is -2.15. The van der Waals surface area contributed by atoms with E-state index in [1.54, 1.807) is 0 Å². The van der Waals surface area contributed by atoms with Gasteiger partial charge in [0.1, 0.15) is 5.69 Å². The number of hydrogen-bond donors (Lipinski definition) is 0. The Morgan fingerprint density at radius 3 is 1.73 bits per heavy atom. The molecule has 0 unspecified atom stereocenters. The van der Waals surface area contributed by atoms with Crippen molar-refractivity contribution >= 4 is 65.4 Å². The Bertz CT molecular complexity index is 3130. The quantitative estimate of drug-likeness (QED) is 0.188. The van der Waals surface area contributed by atoms with Gasteiger partial charge in [-0.1, -0.05) is 127 Å². The summed E-state index contributed by atoms with van der Waals surface area (Å²) >= 11 is 0. The van der Waals surface area contributed by atoms with Crippen LogP contribution in [0.1, 0.15) is 0 Å². The molecule has 0 radical (unpaired) electrons. The molecule has 4 nitrogen and oxygen atoms in total. The Morgan fingerprint density at radius 2 is 0.942 bits per heavy atom. The van der Waals surface area contributed by atoms with Gasteiger partial charge in [0.15, 0.2) is 5.82 Å². The number of rotatable bonds is 4. The van der Waals surface area contributed by atoms with E-state index in [2.05, 4.69) is 173 Å². The van der Waals surface area contributed by atoms with Crippen LogP contribution < -0.4 is 0 Å². The molecule has 242 valence electrons. The Balaban J connectivity index is 1.24. The summed E-state index contributed by atoms with van der Waals surface area (Å²) in [4.78, 5) is 10.8. The average Bonchev–Trinajstić information content (AvgIpc) is 3.73. The van der Waals surface area contributed by atoms with Gasteiger partial charge in [-0.15, -0.1) is 0 Å². The van der Waals surface area contributed by atoms with Gasteiger partial charge in [0.25, 0.3) is 0 Å². The highest BCUT2D eigenvalue weighted by molar-refractivity contribution is 6.22. The SMILES string of the molecule is c1ccc(-c2cccc(-c3nc4ccccc4nc3-n3c4ccc(-n5c6ccccc6c6ccccc65)cc4c4c5ccccc5ccc43)c2)cc1. The Hall–Kier alpha value is -7.04. The Labute approximate surface area is 299 Å². The number of aromatic nitrogens is 4. The van der Waals surface area contributed by atoms with Crippen molar-refractivity contribution in [3.8, 4) is 33.9 Å². The highest BCUT2D eigenvalue weighted by atomic mass is 15.1. The fraction of sp³-hybridized carbons (Fsp3) is 0. The summed E-state index contributed by atoms with van der Waals surface area (Å²) in [5, 5.41) is 7.29. The lowest BCUT2D eigenvalue weighted by atomic mass is 10.0. The lowest BCUT2D eigenvalue weighted by Crippen LogP contribution is -2.04. The molecule has 3 aromatic heterocycles. The standard InChI is InChI=1S/C48H30N4/c1-2-13-31(14-3-1)33-16-12-17-34(29-33)47-48(50-41-22-9-8-21-40(41)49-47)52-44-28-26-35(30-39(44)46-36-18-5-4-15-32(36)25-27-45(46)52)51-42-23-10-6-19-37(42)38-20-7-11-24-43(38)51/h1-30H. The van der Waals surface area contributed by atoms with E-state index >= 15 is 0 Å². The zero-order valence-electron chi connectivity index (χ0n) is 28.1. The van der Waals surface area contributed by atoms with E-state index in [1.165, 1.54) is 48.9 Å². The van der Waals surface area contributed by atoms with Gasteiger partial charge in [0.05, 0.1) is 33.1 Å². The van der Waals surface area contributed by atoms with Crippen molar-refractivity contribution in [2.75, 3.05) is 0 Å². The largest absolute Gasteiger partial charge is 0.309 e. The molecule has 0 spiro atoms. The fourth-order valence-electron chi connectivity index (χ4n) is 8.16. The predicted octanol–water partition coefficient (Wildman–Crippen LogP) is 12.3. The first-order chi connectivity index (χ1) is 25.8. The molecule has 11 aromatic rings. The molecule has 0 fully saturated rings. The summed E-state index contributed by atoms with van der Waals surface area (Å²) in [6, 6.07) is 64.8. The van der Waals surface area contributed by atoms with Crippen LogP contribution in [-0.2, 0) is 0 Å². The van der Waals surface area contributed by atoms with Gasteiger partial charge in [0.2, 0.25) is 0 Å². The average molecular weight is 663 g/mol. The van der Waals surface area contributed by atoms with Crippen LogP contribution in [0.3, 0.4) is 0 Å². The van der Waals surface area contributed by atoms with Crippen LogP contribution in [0, 0.1) is 0 Å². The maximum Gasteiger partial charge on any atom is 0.165 e. The molecule has 0 aliphatic heterocycles. The summed E-state index contributed by atoms with van der Waals surface area (Å²) in [5.74, 6) is 0.809. The van der Waals surface area contributed by atoms with E-state index in [9.17, 15) is 0 Å². The maximum atomic E-state index is 5.43. The molecule has 0 bridgehead atoms. The second-order valence-corrected chi connectivity index (χ2v) is 13.4. The third-order valence-electron chi connectivity index (χ3n) is 10.5. The van der Waals surface area contributed by atoms with E-state index in [4.69, 9.17) is 9.97 Å². The minimum absolute atomic E-state index is 0.809. The first-order valence-electron chi connectivity index (χ1n) is 17.7. The molecule has 4 heteroatoms. The smallest absolute Gasteiger partial charge is 0.165 e. The van der Waals surface area contributed by atoms with Crippen molar-refractivity contribution in [1.29, 1.82) is 0 Å². The summed E-state index contributed by atoms with van der Waals surface area (Å²) < 4.78 is 4.73. The number of para-hydroxylation sites is 4. The lowest BCUT2D eigenvalue weighted by molar-refractivity contribution is 1.08. The van der Waals surface area contributed by atoms with Gasteiger partial charge >= 0.3 is 0 Å². The molecule has 0 N–H and O–H groups in total. The minimum Gasteiger partial charge on any atom is -0.309 e. The van der Waals surface area contributed by atoms with Crippen LogP contribution in [0.15, 0.2) is 182 Å². The second-order valence-electron chi connectivity index (χ2n) is 13.4. The summed E-state index contributed by atoms with van der Waals surface area (Å²) in [7, 11) is 0. The third kappa shape index (κ3) is 4.28. The number of benzene rings is 8. The van der Waals surface area contributed by atoms with Crippen molar-refractivity contribution in [1.82, 2.24) is 19.1 Å². The topological polar surface area (TPSA) is 35.6 Å². The van der Waals surface area contributed by atoms with Gasteiger partial charge in [-0.05, 0) is 76.5 Å². The van der Waals surface area contributed by atoms with Crippen LogP contribution in [0.4, 0.5) is 0 Å². The number of fused-ring (bicyclic) bond motifs is 9. The molecule has 0 saturated carbocycles. The molecule has 11 rings (SSSR count). The predicted molar refractivity (Wildman–Crippen MR) is 217 cm³/mol. The van der Waals surface area contributed by atoms with Crippen molar-refractivity contribution in [2.45, 2.75) is 0 Å². The van der Waals surface area contributed by atoms with Gasteiger partial charge < -0.3 is 4.57 Å². The molecule has 3 heterocycles. The van der Waals surface area contributed by atoms with Crippen LogP contribution in [0.2, 0.25) is 0 Å². The molecular weight excluding hydrogens is 633 g/mol. The van der Waals surface area contributed by atoms with Crippen LogP contribution >= 0.6 is 0 Å². The summed E-state index contributed by atoms with van der Waals surface area (Å²) in [5.41, 5.74) is 11.6. The van der Waals surface area contributed by atoms with Crippen molar-refractivity contribution in [3.05, 3.63) is 182 Å². The molecule has 0 aliphatic rings. The van der Waals surface area contributed by atoms with E-state index in [1.807, 2.05) is 18.2 Å². The molecule has 8 aromatic carbocycles. The van der Waals surface area contributed by atoms with Crippen LogP contribution in [0.25, 0.3) is 99.3 Å². The number of nitrogens with zero attached hydrogens (tertiary/aromatic N) is 4. The van der Waals surface area contributed by atoms with E-state index in [-0.39, 0.29) is 0 Å². The highest BCUT2D eigenvalue weighted by Gasteiger charge is 2.22. The van der Waals surface area contributed by atoms with Gasteiger partial charge in [0, 0.05) is 32.8 Å².